The SMILES string of the molecule is COc1ccc(NC(=O)CSc2nnc(COc3ccc(Cl)cc3)n2-c2ccc(OC)cc2)cc1. The molecule has 0 fully saturated rings. The molecule has 3 aromatic carbocycles. The van der Waals surface area contributed by atoms with Crippen molar-refractivity contribution < 1.29 is 19.0 Å². The largest absolute Gasteiger partial charge is 0.497 e. The zero-order valence-corrected chi connectivity index (χ0v) is 20.7. The molecule has 0 atom stereocenters. The van der Waals surface area contributed by atoms with E-state index in [1.807, 2.05) is 28.8 Å². The van der Waals surface area contributed by atoms with Crippen LogP contribution in [0.4, 0.5) is 5.69 Å². The molecule has 0 saturated carbocycles. The van der Waals surface area contributed by atoms with Crippen molar-refractivity contribution in [2.45, 2.75) is 11.8 Å². The van der Waals surface area contributed by atoms with Crippen molar-refractivity contribution in [1.29, 1.82) is 0 Å². The summed E-state index contributed by atoms with van der Waals surface area (Å²) in [6, 6.07) is 21.7. The first-order valence-corrected chi connectivity index (χ1v) is 12.0. The second-order valence-electron chi connectivity index (χ2n) is 7.24. The number of amides is 1. The molecule has 1 amide bonds. The number of ether oxygens (including phenoxy) is 3. The Balaban J connectivity index is 1.49. The van der Waals surface area contributed by atoms with Crippen molar-refractivity contribution in [3.8, 4) is 22.9 Å². The van der Waals surface area contributed by atoms with Crippen LogP contribution in [0.1, 0.15) is 5.82 Å². The molecule has 0 aliphatic carbocycles. The molecular formula is C25H23ClN4O4S. The second kappa shape index (κ2) is 11.6. The number of halogens is 1. The van der Waals surface area contributed by atoms with E-state index in [0.717, 1.165) is 17.2 Å². The minimum atomic E-state index is -0.164. The lowest BCUT2D eigenvalue weighted by molar-refractivity contribution is -0.113. The third kappa shape index (κ3) is 6.46. The highest BCUT2D eigenvalue weighted by molar-refractivity contribution is 7.99. The lowest BCUT2D eigenvalue weighted by Gasteiger charge is -2.12. The van der Waals surface area contributed by atoms with Crippen molar-refractivity contribution >= 4 is 35.0 Å². The Hall–Kier alpha value is -3.69. The first-order valence-electron chi connectivity index (χ1n) is 10.6. The molecule has 35 heavy (non-hydrogen) atoms. The quantitative estimate of drug-likeness (QED) is 0.291. The Morgan fingerprint density at radius 1 is 0.886 bits per heavy atom. The van der Waals surface area contributed by atoms with E-state index in [2.05, 4.69) is 15.5 Å². The van der Waals surface area contributed by atoms with Gasteiger partial charge in [0.25, 0.3) is 0 Å². The fourth-order valence-corrected chi connectivity index (χ4v) is 4.05. The molecule has 4 rings (SSSR count). The molecule has 0 radical (unpaired) electrons. The Kier molecular flexibility index (Phi) is 8.12. The van der Waals surface area contributed by atoms with Crippen molar-refractivity contribution in [3.63, 3.8) is 0 Å². The minimum absolute atomic E-state index is 0.151. The van der Waals surface area contributed by atoms with E-state index in [1.54, 1.807) is 62.8 Å². The Morgan fingerprint density at radius 2 is 1.49 bits per heavy atom. The van der Waals surface area contributed by atoms with E-state index in [-0.39, 0.29) is 18.3 Å². The first-order chi connectivity index (χ1) is 17.1. The van der Waals surface area contributed by atoms with Crippen LogP contribution >= 0.6 is 23.4 Å². The third-order valence-corrected chi connectivity index (χ3v) is 6.10. The number of aromatic nitrogens is 3. The molecular weight excluding hydrogens is 488 g/mol. The number of carbonyl (C=O) groups is 1. The van der Waals surface area contributed by atoms with Gasteiger partial charge in [-0.2, -0.15) is 0 Å². The van der Waals surface area contributed by atoms with Crippen LogP contribution in [0.25, 0.3) is 5.69 Å². The number of benzene rings is 3. The summed E-state index contributed by atoms with van der Waals surface area (Å²) in [4.78, 5) is 12.5. The second-order valence-corrected chi connectivity index (χ2v) is 8.62. The number of hydrogen-bond acceptors (Lipinski definition) is 7. The van der Waals surface area contributed by atoms with Gasteiger partial charge in [-0.3, -0.25) is 9.36 Å². The van der Waals surface area contributed by atoms with Crippen LogP contribution in [0.15, 0.2) is 78.0 Å². The standard InChI is InChI=1S/C25H23ClN4O4S/c1-32-20-11-5-18(6-12-20)27-24(31)16-35-25-29-28-23(15-34-22-9-3-17(26)4-10-22)30(25)19-7-13-21(33-2)14-8-19/h3-14H,15-16H2,1-2H3,(H,27,31). The van der Waals surface area contributed by atoms with Crippen molar-refractivity contribution in [1.82, 2.24) is 14.8 Å². The van der Waals surface area contributed by atoms with Crippen LogP contribution in [-0.2, 0) is 11.4 Å². The highest BCUT2D eigenvalue weighted by Gasteiger charge is 2.17. The Labute approximate surface area is 212 Å². The zero-order valence-electron chi connectivity index (χ0n) is 19.1. The summed E-state index contributed by atoms with van der Waals surface area (Å²) in [6.07, 6.45) is 0. The van der Waals surface area contributed by atoms with E-state index in [0.29, 0.717) is 27.4 Å². The minimum Gasteiger partial charge on any atom is -0.497 e. The van der Waals surface area contributed by atoms with Gasteiger partial charge in [0.15, 0.2) is 11.0 Å². The van der Waals surface area contributed by atoms with Gasteiger partial charge >= 0.3 is 0 Å². The zero-order chi connectivity index (χ0) is 24.6. The van der Waals surface area contributed by atoms with E-state index in [4.69, 9.17) is 25.8 Å². The summed E-state index contributed by atoms with van der Waals surface area (Å²) < 4.78 is 18.2. The maximum absolute atomic E-state index is 12.5. The smallest absolute Gasteiger partial charge is 0.234 e. The predicted octanol–water partition coefficient (Wildman–Crippen LogP) is 5.25. The molecule has 0 aliphatic heterocycles. The fraction of sp³-hybridized carbons (Fsp3) is 0.160. The highest BCUT2D eigenvalue weighted by atomic mass is 35.5. The van der Waals surface area contributed by atoms with Gasteiger partial charge in [-0.15, -0.1) is 10.2 Å². The molecule has 4 aromatic rings. The summed E-state index contributed by atoms with van der Waals surface area (Å²) in [6.45, 7) is 0.180. The highest BCUT2D eigenvalue weighted by Crippen LogP contribution is 2.25. The van der Waals surface area contributed by atoms with Gasteiger partial charge in [-0.25, -0.2) is 0 Å². The van der Waals surface area contributed by atoms with Crippen LogP contribution in [-0.4, -0.2) is 40.6 Å². The predicted molar refractivity (Wildman–Crippen MR) is 136 cm³/mol. The Morgan fingerprint density at radius 3 is 2.11 bits per heavy atom. The number of hydrogen-bond donors (Lipinski definition) is 1. The van der Waals surface area contributed by atoms with Crippen molar-refractivity contribution in [2.75, 3.05) is 25.3 Å². The molecule has 8 nitrogen and oxygen atoms in total. The number of thioether (sulfide) groups is 1. The van der Waals surface area contributed by atoms with Crippen LogP contribution in [0.5, 0.6) is 17.2 Å². The van der Waals surface area contributed by atoms with Gasteiger partial charge in [0, 0.05) is 16.4 Å². The summed E-state index contributed by atoms with van der Waals surface area (Å²) in [5.74, 6) is 2.68. The summed E-state index contributed by atoms with van der Waals surface area (Å²) >= 11 is 7.23. The number of nitrogens with one attached hydrogen (secondary N) is 1. The summed E-state index contributed by atoms with van der Waals surface area (Å²) in [5, 5.41) is 12.7. The molecule has 180 valence electrons. The average Bonchev–Trinajstić information content (AvgIpc) is 3.30. The first kappa shape index (κ1) is 24.4. The van der Waals surface area contributed by atoms with Gasteiger partial charge in [0.1, 0.15) is 23.9 Å². The number of methoxy groups -OCH3 is 2. The Bertz CT molecular complexity index is 1260. The number of anilines is 1. The average molecular weight is 511 g/mol. The molecule has 1 heterocycles. The summed E-state index contributed by atoms with van der Waals surface area (Å²) in [7, 11) is 3.21. The lowest BCUT2D eigenvalue weighted by Crippen LogP contribution is -2.14. The third-order valence-electron chi connectivity index (χ3n) is 4.92. The van der Waals surface area contributed by atoms with Gasteiger partial charge in [0.2, 0.25) is 5.91 Å². The number of nitrogens with zero attached hydrogens (tertiary/aromatic N) is 3. The molecule has 0 spiro atoms. The van der Waals surface area contributed by atoms with Crippen molar-refractivity contribution in [3.05, 3.63) is 83.6 Å². The van der Waals surface area contributed by atoms with Crippen LogP contribution in [0, 0.1) is 0 Å². The molecule has 1 N–H and O–H groups in total. The van der Waals surface area contributed by atoms with Crippen LogP contribution in [0.2, 0.25) is 5.02 Å². The normalized spacial score (nSPS) is 10.6. The van der Waals surface area contributed by atoms with Crippen LogP contribution < -0.4 is 19.5 Å². The monoisotopic (exact) mass is 510 g/mol. The van der Waals surface area contributed by atoms with Gasteiger partial charge in [-0.05, 0) is 72.8 Å². The maximum atomic E-state index is 12.5. The van der Waals surface area contributed by atoms with E-state index in [9.17, 15) is 4.79 Å². The molecule has 1 aromatic heterocycles. The maximum Gasteiger partial charge on any atom is 0.234 e. The molecule has 0 unspecified atom stereocenters. The number of carbonyl (C=O) groups excluding carboxylic acids is 1. The van der Waals surface area contributed by atoms with Gasteiger partial charge in [0.05, 0.1) is 20.0 Å². The molecule has 0 saturated heterocycles. The molecule has 10 heteroatoms. The van der Waals surface area contributed by atoms with E-state index in [1.165, 1.54) is 11.8 Å². The fourth-order valence-electron chi connectivity index (χ4n) is 3.16. The lowest BCUT2D eigenvalue weighted by atomic mass is 10.3. The van der Waals surface area contributed by atoms with Crippen LogP contribution in [0.3, 0.4) is 0 Å². The molecule has 0 aliphatic rings. The topological polar surface area (TPSA) is 87.5 Å². The summed E-state index contributed by atoms with van der Waals surface area (Å²) in [5.41, 5.74) is 1.51. The van der Waals surface area contributed by atoms with E-state index >= 15 is 0 Å². The molecule has 0 bridgehead atoms. The van der Waals surface area contributed by atoms with E-state index < -0.39 is 0 Å². The number of rotatable bonds is 10. The van der Waals surface area contributed by atoms with Gasteiger partial charge in [-0.1, -0.05) is 23.4 Å². The van der Waals surface area contributed by atoms with Crippen molar-refractivity contribution in [2.24, 2.45) is 0 Å². The van der Waals surface area contributed by atoms with Gasteiger partial charge < -0.3 is 19.5 Å².